The number of oxime groups is 1. The van der Waals surface area contributed by atoms with Gasteiger partial charge in [-0.3, -0.25) is 0 Å². The summed E-state index contributed by atoms with van der Waals surface area (Å²) in [6, 6.07) is 5.04. The van der Waals surface area contributed by atoms with Crippen molar-refractivity contribution in [1.29, 1.82) is 0 Å². The van der Waals surface area contributed by atoms with Gasteiger partial charge >= 0.3 is 6.18 Å². The van der Waals surface area contributed by atoms with E-state index in [0.717, 1.165) is 12.1 Å². The second kappa shape index (κ2) is 5.94. The first-order chi connectivity index (χ1) is 8.04. The van der Waals surface area contributed by atoms with Crippen molar-refractivity contribution >= 4 is 6.21 Å². The molecule has 0 aliphatic rings. The van der Waals surface area contributed by atoms with Crippen molar-refractivity contribution in [2.24, 2.45) is 5.16 Å². The standard InChI is InChI=1S/C12H10F3NO/c1-2-8-17-16-7-6-10-4-3-5-11(9-10)12(13,14)15/h1,3-5,7,9H,6,8H2. The third-order valence-electron chi connectivity index (χ3n) is 1.88. The van der Waals surface area contributed by atoms with E-state index < -0.39 is 11.7 Å². The Kier molecular flexibility index (Phi) is 4.58. The number of benzene rings is 1. The Balaban J connectivity index is 2.61. The number of terminal acetylenes is 1. The molecule has 90 valence electrons. The molecule has 0 saturated carbocycles. The fraction of sp³-hybridized carbons (Fsp3) is 0.250. The summed E-state index contributed by atoms with van der Waals surface area (Å²) < 4.78 is 37.1. The average molecular weight is 241 g/mol. The summed E-state index contributed by atoms with van der Waals surface area (Å²) in [5.74, 6) is 2.21. The van der Waals surface area contributed by atoms with Crippen LogP contribution in [0.3, 0.4) is 0 Å². The van der Waals surface area contributed by atoms with E-state index in [0.29, 0.717) is 5.56 Å². The molecule has 17 heavy (non-hydrogen) atoms. The highest BCUT2D eigenvalue weighted by atomic mass is 19.4. The minimum absolute atomic E-state index is 0.0408. The monoisotopic (exact) mass is 241 g/mol. The molecule has 0 aliphatic carbocycles. The molecule has 0 radical (unpaired) electrons. The van der Waals surface area contributed by atoms with Crippen LogP contribution in [-0.4, -0.2) is 12.8 Å². The van der Waals surface area contributed by atoms with Crippen molar-refractivity contribution < 1.29 is 18.0 Å². The maximum absolute atomic E-state index is 12.4. The smallest absolute Gasteiger partial charge is 0.383 e. The van der Waals surface area contributed by atoms with Gasteiger partial charge in [0, 0.05) is 12.6 Å². The second-order valence-electron chi connectivity index (χ2n) is 3.17. The molecule has 0 aliphatic heterocycles. The van der Waals surface area contributed by atoms with Crippen LogP contribution in [0.5, 0.6) is 0 Å². The summed E-state index contributed by atoms with van der Waals surface area (Å²) in [6.45, 7) is 0.0408. The zero-order valence-electron chi connectivity index (χ0n) is 8.87. The van der Waals surface area contributed by atoms with E-state index in [1.165, 1.54) is 12.3 Å². The topological polar surface area (TPSA) is 21.6 Å². The molecule has 0 amide bonds. The third-order valence-corrected chi connectivity index (χ3v) is 1.88. The zero-order chi connectivity index (χ0) is 12.7. The molecule has 1 aromatic carbocycles. The minimum Gasteiger partial charge on any atom is -0.383 e. The van der Waals surface area contributed by atoms with Gasteiger partial charge < -0.3 is 4.84 Å². The van der Waals surface area contributed by atoms with Gasteiger partial charge in [-0.2, -0.15) is 13.2 Å². The number of nitrogens with zero attached hydrogens (tertiary/aromatic N) is 1. The van der Waals surface area contributed by atoms with Crippen LogP contribution in [0.15, 0.2) is 29.4 Å². The molecule has 1 aromatic rings. The van der Waals surface area contributed by atoms with Crippen molar-refractivity contribution in [1.82, 2.24) is 0 Å². The van der Waals surface area contributed by atoms with Crippen LogP contribution in [0, 0.1) is 12.3 Å². The van der Waals surface area contributed by atoms with Gasteiger partial charge in [-0.25, -0.2) is 0 Å². The predicted molar refractivity (Wildman–Crippen MR) is 58.4 cm³/mol. The highest BCUT2D eigenvalue weighted by Gasteiger charge is 2.30. The van der Waals surface area contributed by atoms with Crippen LogP contribution in [-0.2, 0) is 17.4 Å². The summed E-state index contributed by atoms with van der Waals surface area (Å²) in [4.78, 5) is 4.61. The summed E-state index contributed by atoms with van der Waals surface area (Å²) in [6.07, 6.45) is 2.22. The van der Waals surface area contributed by atoms with Crippen LogP contribution in [0.25, 0.3) is 0 Å². The van der Waals surface area contributed by atoms with Gasteiger partial charge in [-0.15, -0.1) is 6.42 Å². The Labute approximate surface area is 97.1 Å². The Bertz CT molecular complexity index is 432. The Morgan fingerprint density at radius 2 is 2.18 bits per heavy atom. The van der Waals surface area contributed by atoms with E-state index >= 15 is 0 Å². The maximum Gasteiger partial charge on any atom is 0.416 e. The van der Waals surface area contributed by atoms with Crippen LogP contribution in [0.4, 0.5) is 13.2 Å². The highest BCUT2D eigenvalue weighted by Crippen LogP contribution is 2.29. The highest BCUT2D eigenvalue weighted by molar-refractivity contribution is 5.60. The molecule has 0 spiro atoms. The molecule has 5 heteroatoms. The minimum atomic E-state index is -4.33. The van der Waals surface area contributed by atoms with Crippen molar-refractivity contribution in [3.8, 4) is 12.3 Å². The molecule has 1 rings (SSSR count). The zero-order valence-corrected chi connectivity index (χ0v) is 8.87. The first kappa shape index (κ1) is 13.1. The van der Waals surface area contributed by atoms with Crippen molar-refractivity contribution in [3.05, 3.63) is 35.4 Å². The lowest BCUT2D eigenvalue weighted by molar-refractivity contribution is -0.137. The van der Waals surface area contributed by atoms with Gasteiger partial charge in [0.25, 0.3) is 0 Å². The fourth-order valence-corrected chi connectivity index (χ4v) is 1.14. The Morgan fingerprint density at radius 1 is 1.41 bits per heavy atom. The number of rotatable bonds is 4. The SMILES string of the molecule is C#CCON=CCc1cccc(C(F)(F)F)c1. The lowest BCUT2D eigenvalue weighted by Gasteiger charge is -2.07. The fourth-order valence-electron chi connectivity index (χ4n) is 1.14. The molecular weight excluding hydrogens is 231 g/mol. The van der Waals surface area contributed by atoms with Crippen LogP contribution in [0.2, 0.25) is 0 Å². The van der Waals surface area contributed by atoms with E-state index in [4.69, 9.17) is 6.42 Å². The van der Waals surface area contributed by atoms with Gasteiger partial charge in [0.2, 0.25) is 0 Å². The first-order valence-corrected chi connectivity index (χ1v) is 4.77. The van der Waals surface area contributed by atoms with E-state index in [1.54, 1.807) is 6.07 Å². The number of hydrogen-bond acceptors (Lipinski definition) is 2. The summed E-state index contributed by atoms with van der Waals surface area (Å²) in [5.41, 5.74) is -0.166. The predicted octanol–water partition coefficient (Wildman–Crippen LogP) is 2.88. The van der Waals surface area contributed by atoms with Crippen molar-refractivity contribution in [2.75, 3.05) is 6.61 Å². The molecule has 0 unspecified atom stereocenters. The Hall–Kier alpha value is -1.96. The number of hydrogen-bond donors (Lipinski definition) is 0. The summed E-state index contributed by atoms with van der Waals surface area (Å²) in [5, 5.41) is 3.50. The molecule has 0 atom stereocenters. The van der Waals surface area contributed by atoms with Crippen molar-refractivity contribution in [2.45, 2.75) is 12.6 Å². The second-order valence-corrected chi connectivity index (χ2v) is 3.17. The molecular formula is C12H10F3NO. The van der Waals surface area contributed by atoms with E-state index in [1.807, 2.05) is 0 Å². The number of alkyl halides is 3. The van der Waals surface area contributed by atoms with Crippen molar-refractivity contribution in [3.63, 3.8) is 0 Å². The average Bonchev–Trinajstić information content (AvgIpc) is 2.28. The molecule has 0 N–H and O–H groups in total. The molecule has 0 bridgehead atoms. The van der Waals surface area contributed by atoms with E-state index in [2.05, 4.69) is 15.9 Å². The molecule has 0 saturated heterocycles. The largest absolute Gasteiger partial charge is 0.416 e. The first-order valence-electron chi connectivity index (χ1n) is 4.77. The molecule has 0 aromatic heterocycles. The lowest BCUT2D eigenvalue weighted by Crippen LogP contribution is -2.05. The van der Waals surface area contributed by atoms with Gasteiger partial charge in [0.15, 0.2) is 6.61 Å². The van der Waals surface area contributed by atoms with Gasteiger partial charge in [0.05, 0.1) is 5.56 Å². The van der Waals surface area contributed by atoms with Crippen LogP contribution < -0.4 is 0 Å². The molecule has 0 fully saturated rings. The normalized spacial score (nSPS) is 11.4. The van der Waals surface area contributed by atoms with Crippen LogP contribution >= 0.6 is 0 Å². The van der Waals surface area contributed by atoms with E-state index in [9.17, 15) is 13.2 Å². The molecule has 0 heterocycles. The Morgan fingerprint density at radius 3 is 2.82 bits per heavy atom. The van der Waals surface area contributed by atoms with Gasteiger partial charge in [0.1, 0.15) is 0 Å². The quantitative estimate of drug-likeness (QED) is 0.344. The van der Waals surface area contributed by atoms with Gasteiger partial charge in [-0.1, -0.05) is 29.3 Å². The van der Waals surface area contributed by atoms with E-state index in [-0.39, 0.29) is 13.0 Å². The summed E-state index contributed by atoms with van der Waals surface area (Å²) in [7, 11) is 0. The molecule has 2 nitrogen and oxygen atoms in total. The third kappa shape index (κ3) is 4.60. The lowest BCUT2D eigenvalue weighted by atomic mass is 10.1. The number of halogens is 3. The maximum atomic E-state index is 12.4. The summed E-state index contributed by atoms with van der Waals surface area (Å²) >= 11 is 0. The van der Waals surface area contributed by atoms with Crippen LogP contribution in [0.1, 0.15) is 11.1 Å². The van der Waals surface area contributed by atoms with Gasteiger partial charge in [-0.05, 0) is 11.6 Å².